The number of nitrogens with one attached hydrogen (secondary N) is 1. The maximum absolute atomic E-state index is 12.3. The standard InChI is InChI=1S/C21H17NO3.C2H6O/c23-20(14-22-19-12-10-18(11-13-19)21(24)25)17-8-6-16(7-9-17)15-4-2-1-3-5-15;1-2-3/h1-13,22H,14H2,(H,24,25);3H,2H2,1H3. The lowest BCUT2D eigenvalue weighted by molar-refractivity contribution is 0.0696. The molecule has 0 heterocycles. The molecular weight excluding hydrogens is 354 g/mol. The van der Waals surface area contributed by atoms with E-state index in [1.165, 1.54) is 12.1 Å². The number of anilines is 1. The molecule has 0 atom stereocenters. The third-order valence-corrected chi connectivity index (χ3v) is 3.90. The summed E-state index contributed by atoms with van der Waals surface area (Å²) >= 11 is 0. The van der Waals surface area contributed by atoms with Crippen molar-refractivity contribution in [2.75, 3.05) is 18.5 Å². The largest absolute Gasteiger partial charge is 0.478 e. The lowest BCUT2D eigenvalue weighted by atomic mass is 10.0. The zero-order chi connectivity index (χ0) is 20.4. The number of hydrogen-bond acceptors (Lipinski definition) is 4. The van der Waals surface area contributed by atoms with Crippen LogP contribution < -0.4 is 5.32 Å². The smallest absolute Gasteiger partial charge is 0.335 e. The van der Waals surface area contributed by atoms with E-state index in [-0.39, 0.29) is 24.5 Å². The fourth-order valence-corrected chi connectivity index (χ4v) is 2.49. The Labute approximate surface area is 164 Å². The molecule has 3 aromatic carbocycles. The van der Waals surface area contributed by atoms with E-state index in [4.69, 9.17) is 10.2 Å². The van der Waals surface area contributed by atoms with Crippen LogP contribution >= 0.6 is 0 Å². The molecule has 5 nitrogen and oxygen atoms in total. The molecule has 0 saturated carbocycles. The first-order valence-corrected chi connectivity index (χ1v) is 8.92. The highest BCUT2D eigenvalue weighted by molar-refractivity contribution is 5.99. The van der Waals surface area contributed by atoms with Gasteiger partial charge in [-0.3, -0.25) is 4.79 Å². The van der Waals surface area contributed by atoms with Gasteiger partial charge in [0, 0.05) is 17.9 Å². The van der Waals surface area contributed by atoms with E-state index < -0.39 is 5.97 Å². The van der Waals surface area contributed by atoms with E-state index in [1.807, 2.05) is 54.6 Å². The van der Waals surface area contributed by atoms with Crippen LogP contribution in [-0.4, -0.2) is 35.1 Å². The maximum atomic E-state index is 12.3. The third-order valence-electron chi connectivity index (χ3n) is 3.90. The Bertz CT molecular complexity index is 888. The molecule has 0 spiro atoms. The first kappa shape index (κ1) is 20.9. The summed E-state index contributed by atoms with van der Waals surface area (Å²) in [6, 6.07) is 23.8. The summed E-state index contributed by atoms with van der Waals surface area (Å²) in [4.78, 5) is 23.1. The number of carbonyl (C=O) groups is 2. The summed E-state index contributed by atoms with van der Waals surface area (Å²) in [6.07, 6.45) is 0. The highest BCUT2D eigenvalue weighted by atomic mass is 16.4. The molecular formula is C23H23NO4. The van der Waals surface area contributed by atoms with Gasteiger partial charge >= 0.3 is 5.97 Å². The molecule has 0 bridgehead atoms. The van der Waals surface area contributed by atoms with Gasteiger partial charge in [-0.2, -0.15) is 0 Å². The second kappa shape index (κ2) is 10.6. The predicted molar refractivity (Wildman–Crippen MR) is 111 cm³/mol. The number of ketones is 1. The number of benzene rings is 3. The van der Waals surface area contributed by atoms with Gasteiger partial charge in [-0.15, -0.1) is 0 Å². The number of rotatable bonds is 6. The van der Waals surface area contributed by atoms with Crippen molar-refractivity contribution < 1.29 is 19.8 Å². The first-order valence-electron chi connectivity index (χ1n) is 8.92. The molecule has 0 saturated heterocycles. The van der Waals surface area contributed by atoms with Gasteiger partial charge in [0.1, 0.15) is 0 Å². The average molecular weight is 377 g/mol. The van der Waals surface area contributed by atoms with Gasteiger partial charge in [-0.05, 0) is 42.3 Å². The number of aliphatic hydroxyl groups is 1. The summed E-state index contributed by atoms with van der Waals surface area (Å²) < 4.78 is 0. The normalized spacial score (nSPS) is 9.79. The molecule has 3 rings (SSSR count). The molecule has 0 aromatic heterocycles. The number of carboxylic acids is 1. The number of Topliss-reactive ketones (excluding diaryl/α,β-unsaturated/α-hetero) is 1. The molecule has 144 valence electrons. The summed E-state index contributed by atoms with van der Waals surface area (Å²) in [6.45, 7) is 2.08. The number of aromatic carboxylic acids is 1. The molecule has 0 aliphatic rings. The van der Waals surface area contributed by atoms with E-state index in [9.17, 15) is 9.59 Å². The summed E-state index contributed by atoms with van der Waals surface area (Å²) in [5.74, 6) is -0.997. The van der Waals surface area contributed by atoms with Crippen LogP contribution in [0.4, 0.5) is 5.69 Å². The van der Waals surface area contributed by atoms with E-state index in [0.717, 1.165) is 11.1 Å². The zero-order valence-corrected chi connectivity index (χ0v) is 15.6. The van der Waals surface area contributed by atoms with Crippen molar-refractivity contribution in [3.63, 3.8) is 0 Å². The molecule has 0 aliphatic carbocycles. The minimum absolute atomic E-state index is 0.0260. The van der Waals surface area contributed by atoms with Crippen LogP contribution in [0.25, 0.3) is 11.1 Å². The fourth-order valence-electron chi connectivity index (χ4n) is 2.49. The quantitative estimate of drug-likeness (QED) is 0.556. The Morgan fingerprint density at radius 1 is 0.786 bits per heavy atom. The summed E-state index contributed by atoms with van der Waals surface area (Å²) in [5.41, 5.74) is 3.73. The SMILES string of the molecule is CCO.O=C(O)c1ccc(NCC(=O)c2ccc(-c3ccccc3)cc2)cc1. The predicted octanol–water partition coefficient (Wildman–Crippen LogP) is 4.35. The number of hydrogen-bond donors (Lipinski definition) is 3. The van der Waals surface area contributed by atoms with Crippen molar-refractivity contribution in [2.45, 2.75) is 6.92 Å². The van der Waals surface area contributed by atoms with Gasteiger partial charge in [-0.1, -0.05) is 54.6 Å². The second-order valence-corrected chi connectivity index (χ2v) is 5.92. The molecule has 0 fully saturated rings. The van der Waals surface area contributed by atoms with Crippen molar-refractivity contribution in [3.8, 4) is 11.1 Å². The van der Waals surface area contributed by atoms with Crippen LogP contribution in [-0.2, 0) is 0 Å². The maximum Gasteiger partial charge on any atom is 0.335 e. The van der Waals surface area contributed by atoms with E-state index in [2.05, 4.69) is 5.32 Å². The molecule has 3 aromatic rings. The monoisotopic (exact) mass is 377 g/mol. The minimum atomic E-state index is -0.971. The Morgan fingerprint density at radius 3 is 1.82 bits per heavy atom. The molecule has 5 heteroatoms. The zero-order valence-electron chi connectivity index (χ0n) is 15.6. The molecule has 0 aliphatic heterocycles. The fraction of sp³-hybridized carbons (Fsp3) is 0.130. The molecule has 0 unspecified atom stereocenters. The van der Waals surface area contributed by atoms with E-state index in [1.54, 1.807) is 19.1 Å². The van der Waals surface area contributed by atoms with Gasteiger partial charge < -0.3 is 15.5 Å². The topological polar surface area (TPSA) is 86.6 Å². The molecule has 0 radical (unpaired) electrons. The molecule has 0 amide bonds. The third kappa shape index (κ3) is 6.07. The Balaban J connectivity index is 0.000000878. The van der Waals surface area contributed by atoms with Gasteiger partial charge in [0.25, 0.3) is 0 Å². The Hall–Kier alpha value is -3.44. The molecule has 28 heavy (non-hydrogen) atoms. The van der Waals surface area contributed by atoms with Crippen LogP contribution in [0.15, 0.2) is 78.9 Å². The number of aliphatic hydroxyl groups excluding tert-OH is 1. The van der Waals surface area contributed by atoms with Gasteiger partial charge in [-0.25, -0.2) is 4.79 Å². The lowest BCUT2D eigenvalue weighted by Crippen LogP contribution is -2.14. The van der Waals surface area contributed by atoms with Crippen LogP contribution in [0.3, 0.4) is 0 Å². The van der Waals surface area contributed by atoms with E-state index in [0.29, 0.717) is 11.3 Å². The average Bonchev–Trinajstić information content (AvgIpc) is 2.73. The van der Waals surface area contributed by atoms with Crippen molar-refractivity contribution in [2.24, 2.45) is 0 Å². The Kier molecular flexibility index (Phi) is 7.93. The lowest BCUT2D eigenvalue weighted by Gasteiger charge is -2.07. The Morgan fingerprint density at radius 2 is 1.29 bits per heavy atom. The highest BCUT2D eigenvalue weighted by Crippen LogP contribution is 2.19. The van der Waals surface area contributed by atoms with Crippen LogP contribution in [0.2, 0.25) is 0 Å². The number of carbonyl (C=O) groups excluding carboxylic acids is 1. The number of carboxylic acid groups (broad SMARTS) is 1. The van der Waals surface area contributed by atoms with Gasteiger partial charge in [0.05, 0.1) is 12.1 Å². The van der Waals surface area contributed by atoms with Crippen molar-refractivity contribution in [1.82, 2.24) is 0 Å². The minimum Gasteiger partial charge on any atom is -0.478 e. The van der Waals surface area contributed by atoms with Crippen LogP contribution in [0.5, 0.6) is 0 Å². The van der Waals surface area contributed by atoms with Crippen molar-refractivity contribution in [3.05, 3.63) is 90.0 Å². The van der Waals surface area contributed by atoms with Crippen LogP contribution in [0, 0.1) is 0 Å². The second-order valence-electron chi connectivity index (χ2n) is 5.92. The summed E-state index contributed by atoms with van der Waals surface area (Å²) in [5, 5.41) is 19.5. The van der Waals surface area contributed by atoms with Crippen molar-refractivity contribution in [1.29, 1.82) is 0 Å². The highest BCUT2D eigenvalue weighted by Gasteiger charge is 2.07. The van der Waals surface area contributed by atoms with Gasteiger partial charge in [0.2, 0.25) is 0 Å². The molecule has 3 N–H and O–H groups in total. The van der Waals surface area contributed by atoms with Crippen LogP contribution in [0.1, 0.15) is 27.6 Å². The van der Waals surface area contributed by atoms with Crippen molar-refractivity contribution >= 4 is 17.4 Å². The summed E-state index contributed by atoms with van der Waals surface area (Å²) in [7, 11) is 0. The van der Waals surface area contributed by atoms with E-state index >= 15 is 0 Å². The van der Waals surface area contributed by atoms with Gasteiger partial charge in [0.15, 0.2) is 5.78 Å². The first-order chi connectivity index (χ1) is 13.5.